The van der Waals surface area contributed by atoms with Crippen molar-refractivity contribution in [3.63, 3.8) is 0 Å². The van der Waals surface area contributed by atoms with Crippen LogP contribution in [0, 0.1) is 5.92 Å². The fourth-order valence-electron chi connectivity index (χ4n) is 2.47. The summed E-state index contributed by atoms with van der Waals surface area (Å²) in [4.78, 5) is 27.8. The standard InChI is InChI=1S/C13H19N3O2/c1-14-8-10-3-2-6-16(9-10)13(18)11-4-5-15-12(17)7-11/h4-5,7,10,14H,2-3,6,8-9H2,1H3,(H,15,17). The van der Waals surface area contributed by atoms with E-state index in [1.807, 2.05) is 11.9 Å². The Morgan fingerprint density at radius 1 is 1.61 bits per heavy atom. The van der Waals surface area contributed by atoms with Crippen molar-refractivity contribution >= 4 is 5.91 Å². The van der Waals surface area contributed by atoms with E-state index in [9.17, 15) is 9.59 Å². The molecular weight excluding hydrogens is 230 g/mol. The summed E-state index contributed by atoms with van der Waals surface area (Å²) in [5.41, 5.74) is 0.244. The summed E-state index contributed by atoms with van der Waals surface area (Å²) in [7, 11) is 1.93. The number of rotatable bonds is 3. The lowest BCUT2D eigenvalue weighted by Gasteiger charge is -2.32. The number of carbonyl (C=O) groups is 1. The Morgan fingerprint density at radius 3 is 3.17 bits per heavy atom. The van der Waals surface area contributed by atoms with Gasteiger partial charge in [-0.2, -0.15) is 0 Å². The Labute approximate surface area is 106 Å². The summed E-state index contributed by atoms with van der Waals surface area (Å²) in [5.74, 6) is 0.469. The van der Waals surface area contributed by atoms with Gasteiger partial charge in [-0.15, -0.1) is 0 Å². The van der Waals surface area contributed by atoms with Crippen LogP contribution in [0.2, 0.25) is 0 Å². The van der Waals surface area contributed by atoms with Crippen LogP contribution >= 0.6 is 0 Å². The first-order chi connectivity index (χ1) is 8.70. The highest BCUT2D eigenvalue weighted by Crippen LogP contribution is 2.17. The van der Waals surface area contributed by atoms with E-state index >= 15 is 0 Å². The number of amides is 1. The molecule has 5 heteroatoms. The monoisotopic (exact) mass is 249 g/mol. The summed E-state index contributed by atoms with van der Waals surface area (Å²) in [6, 6.07) is 3.02. The summed E-state index contributed by atoms with van der Waals surface area (Å²) in [6.45, 7) is 2.48. The first-order valence-corrected chi connectivity index (χ1v) is 6.33. The fraction of sp³-hybridized carbons (Fsp3) is 0.538. The lowest BCUT2D eigenvalue weighted by Crippen LogP contribution is -2.42. The van der Waals surface area contributed by atoms with Gasteiger partial charge in [-0.3, -0.25) is 9.59 Å². The molecule has 0 radical (unpaired) electrons. The lowest BCUT2D eigenvalue weighted by atomic mass is 9.97. The Hall–Kier alpha value is -1.62. The Balaban J connectivity index is 2.06. The van der Waals surface area contributed by atoms with Gasteiger partial charge < -0.3 is 15.2 Å². The molecule has 0 saturated carbocycles. The summed E-state index contributed by atoms with van der Waals surface area (Å²) < 4.78 is 0. The number of nitrogens with one attached hydrogen (secondary N) is 2. The molecule has 1 aromatic rings. The molecule has 0 bridgehead atoms. The number of carbonyl (C=O) groups excluding carboxylic acids is 1. The minimum atomic E-state index is -0.232. The van der Waals surface area contributed by atoms with Gasteiger partial charge >= 0.3 is 0 Å². The third-order valence-electron chi connectivity index (χ3n) is 3.32. The summed E-state index contributed by atoms with van der Waals surface area (Å²) in [6.07, 6.45) is 3.70. The molecular formula is C13H19N3O2. The number of hydrogen-bond acceptors (Lipinski definition) is 3. The number of H-pyrrole nitrogens is 1. The van der Waals surface area contributed by atoms with Gasteiger partial charge in [-0.25, -0.2) is 0 Å². The van der Waals surface area contributed by atoms with Gasteiger partial charge in [-0.05, 0) is 38.4 Å². The lowest BCUT2D eigenvalue weighted by molar-refractivity contribution is 0.0674. The van der Waals surface area contributed by atoms with Gasteiger partial charge in [-0.1, -0.05) is 0 Å². The molecule has 1 aliphatic rings. The smallest absolute Gasteiger partial charge is 0.254 e. The van der Waals surface area contributed by atoms with E-state index in [-0.39, 0.29) is 11.5 Å². The number of aromatic nitrogens is 1. The highest BCUT2D eigenvalue weighted by Gasteiger charge is 2.24. The maximum absolute atomic E-state index is 12.3. The zero-order valence-corrected chi connectivity index (χ0v) is 10.6. The van der Waals surface area contributed by atoms with Crippen LogP contribution in [-0.4, -0.2) is 42.5 Å². The van der Waals surface area contributed by atoms with Gasteiger partial charge in [0.15, 0.2) is 0 Å². The van der Waals surface area contributed by atoms with Gasteiger partial charge in [0.25, 0.3) is 5.91 Å². The molecule has 18 heavy (non-hydrogen) atoms. The van der Waals surface area contributed by atoms with Crippen LogP contribution in [0.4, 0.5) is 0 Å². The van der Waals surface area contributed by atoms with Crippen molar-refractivity contribution in [3.05, 3.63) is 34.2 Å². The van der Waals surface area contributed by atoms with Crippen LogP contribution in [0.1, 0.15) is 23.2 Å². The van der Waals surface area contributed by atoms with Crippen LogP contribution in [-0.2, 0) is 0 Å². The third-order valence-corrected chi connectivity index (χ3v) is 3.32. The molecule has 0 aromatic carbocycles. The van der Waals surface area contributed by atoms with Crippen molar-refractivity contribution in [2.75, 3.05) is 26.7 Å². The number of piperidine rings is 1. The second-order valence-electron chi connectivity index (χ2n) is 4.76. The molecule has 98 valence electrons. The molecule has 1 aliphatic heterocycles. The van der Waals surface area contributed by atoms with Gasteiger partial charge in [0, 0.05) is 30.9 Å². The van der Waals surface area contributed by atoms with E-state index in [2.05, 4.69) is 10.3 Å². The first-order valence-electron chi connectivity index (χ1n) is 6.33. The molecule has 1 amide bonds. The average Bonchev–Trinajstić information content (AvgIpc) is 2.39. The van der Waals surface area contributed by atoms with Gasteiger partial charge in [0.05, 0.1) is 0 Å². The fourth-order valence-corrected chi connectivity index (χ4v) is 2.47. The van der Waals surface area contributed by atoms with Crippen molar-refractivity contribution in [2.24, 2.45) is 5.92 Å². The number of pyridine rings is 1. The highest BCUT2D eigenvalue weighted by atomic mass is 16.2. The van der Waals surface area contributed by atoms with Crippen LogP contribution in [0.3, 0.4) is 0 Å². The van der Waals surface area contributed by atoms with Crippen molar-refractivity contribution in [2.45, 2.75) is 12.8 Å². The normalized spacial score (nSPS) is 19.8. The number of likely N-dealkylation sites (tertiary alicyclic amines) is 1. The third kappa shape index (κ3) is 2.98. The first kappa shape index (κ1) is 12.8. The van der Waals surface area contributed by atoms with Crippen LogP contribution in [0.25, 0.3) is 0 Å². The van der Waals surface area contributed by atoms with Crippen molar-refractivity contribution in [3.8, 4) is 0 Å². The number of hydrogen-bond donors (Lipinski definition) is 2. The molecule has 1 unspecified atom stereocenters. The maximum Gasteiger partial charge on any atom is 0.254 e. The predicted octanol–water partition coefficient (Wildman–Crippen LogP) is 0.446. The largest absolute Gasteiger partial charge is 0.338 e. The topological polar surface area (TPSA) is 65.2 Å². The van der Waals surface area contributed by atoms with Crippen LogP contribution < -0.4 is 10.9 Å². The van der Waals surface area contributed by atoms with E-state index in [0.717, 1.165) is 32.5 Å². The van der Waals surface area contributed by atoms with E-state index in [1.54, 1.807) is 6.07 Å². The highest BCUT2D eigenvalue weighted by molar-refractivity contribution is 5.94. The van der Waals surface area contributed by atoms with Crippen molar-refractivity contribution in [1.29, 1.82) is 0 Å². The minimum absolute atomic E-state index is 0.0399. The van der Waals surface area contributed by atoms with E-state index in [1.165, 1.54) is 12.3 Å². The zero-order chi connectivity index (χ0) is 13.0. The summed E-state index contributed by atoms with van der Waals surface area (Å²) in [5, 5.41) is 3.15. The molecule has 5 nitrogen and oxygen atoms in total. The molecule has 2 rings (SSSR count). The van der Waals surface area contributed by atoms with Gasteiger partial charge in [0.1, 0.15) is 0 Å². The van der Waals surface area contributed by atoms with Crippen LogP contribution in [0.5, 0.6) is 0 Å². The minimum Gasteiger partial charge on any atom is -0.338 e. The second-order valence-corrected chi connectivity index (χ2v) is 4.76. The Kier molecular flexibility index (Phi) is 4.15. The van der Waals surface area contributed by atoms with E-state index in [0.29, 0.717) is 11.5 Å². The quantitative estimate of drug-likeness (QED) is 0.817. The molecule has 1 fully saturated rings. The number of nitrogens with zero attached hydrogens (tertiary/aromatic N) is 1. The van der Waals surface area contributed by atoms with E-state index < -0.39 is 0 Å². The predicted molar refractivity (Wildman–Crippen MR) is 69.6 cm³/mol. The molecule has 1 atom stereocenters. The number of aromatic amines is 1. The Bertz CT molecular complexity index is 467. The Morgan fingerprint density at radius 2 is 2.44 bits per heavy atom. The van der Waals surface area contributed by atoms with Gasteiger partial charge in [0.2, 0.25) is 5.56 Å². The molecule has 2 heterocycles. The second kappa shape index (κ2) is 5.82. The average molecular weight is 249 g/mol. The van der Waals surface area contributed by atoms with Crippen molar-refractivity contribution < 1.29 is 4.79 Å². The molecule has 0 spiro atoms. The molecule has 1 saturated heterocycles. The van der Waals surface area contributed by atoms with E-state index in [4.69, 9.17) is 0 Å². The molecule has 0 aliphatic carbocycles. The van der Waals surface area contributed by atoms with Crippen molar-refractivity contribution in [1.82, 2.24) is 15.2 Å². The molecule has 1 aromatic heterocycles. The zero-order valence-electron chi connectivity index (χ0n) is 10.6. The summed E-state index contributed by atoms with van der Waals surface area (Å²) >= 11 is 0. The maximum atomic E-state index is 12.3. The SMILES string of the molecule is CNCC1CCCN(C(=O)c2cc[nH]c(=O)c2)C1. The molecule has 2 N–H and O–H groups in total. The van der Waals surface area contributed by atoms with Crippen LogP contribution in [0.15, 0.2) is 23.1 Å².